The average molecular weight is 499 g/mol. The number of allylic oxidation sites excluding steroid dienone is 2. The van der Waals surface area contributed by atoms with E-state index >= 15 is 0 Å². The Hall–Kier alpha value is -2.76. The number of carbonyl (C=O) groups excluding carboxylic acids is 1. The van der Waals surface area contributed by atoms with Crippen molar-refractivity contribution >= 4 is 11.8 Å². The molecule has 0 fully saturated rings. The van der Waals surface area contributed by atoms with Crippen LogP contribution in [0.1, 0.15) is 97.8 Å². The number of hydrogen-bond donors (Lipinski definition) is 0. The summed E-state index contributed by atoms with van der Waals surface area (Å²) in [5, 5.41) is 4.19. The predicted molar refractivity (Wildman–Crippen MR) is 148 cm³/mol. The Morgan fingerprint density at radius 1 is 0.917 bits per heavy atom. The van der Waals surface area contributed by atoms with Gasteiger partial charge < -0.3 is 18.9 Å². The highest BCUT2D eigenvalue weighted by Crippen LogP contribution is 2.35. The maximum absolute atomic E-state index is 12.6. The molecule has 6 nitrogen and oxygen atoms in total. The van der Waals surface area contributed by atoms with Crippen LogP contribution in [0.15, 0.2) is 40.9 Å². The number of nitrogens with zero attached hydrogens (tertiary/aromatic N) is 2. The Bertz CT molecular complexity index is 902. The fourth-order valence-corrected chi connectivity index (χ4v) is 4.17. The van der Waals surface area contributed by atoms with Crippen molar-refractivity contribution in [2.75, 3.05) is 25.1 Å². The molecule has 1 aromatic carbocycles. The molecule has 0 saturated heterocycles. The van der Waals surface area contributed by atoms with Crippen molar-refractivity contribution in [2.45, 2.75) is 97.8 Å². The standard InChI is InChI=1S/C30H46N2O4/c1-5-8-9-10-11-12-13-14-15-16-17-18-19-20-30(33)35-27-23-25(34-4)21-22-26(27)28-24-29(31-36-28)32(6-2)7-3/h13-14,21-24H,5-12,15-20H2,1-4H3/b14-13-. The van der Waals surface area contributed by atoms with Crippen LogP contribution in [0.5, 0.6) is 11.5 Å². The van der Waals surface area contributed by atoms with Crippen LogP contribution in [0.4, 0.5) is 5.82 Å². The lowest BCUT2D eigenvalue weighted by molar-refractivity contribution is -0.134. The molecule has 0 bridgehead atoms. The van der Waals surface area contributed by atoms with E-state index < -0.39 is 0 Å². The normalized spacial score (nSPS) is 11.2. The number of methoxy groups -OCH3 is 1. The first-order valence-electron chi connectivity index (χ1n) is 13.9. The Balaban J connectivity index is 1.76. The fourth-order valence-electron chi connectivity index (χ4n) is 4.17. The largest absolute Gasteiger partial charge is 0.497 e. The number of aromatic nitrogens is 1. The Morgan fingerprint density at radius 2 is 1.58 bits per heavy atom. The Labute approximate surface area is 218 Å². The summed E-state index contributed by atoms with van der Waals surface area (Å²) in [6, 6.07) is 7.27. The summed E-state index contributed by atoms with van der Waals surface area (Å²) in [5.74, 6) is 2.15. The van der Waals surface area contributed by atoms with Crippen molar-refractivity contribution in [3.05, 3.63) is 36.4 Å². The van der Waals surface area contributed by atoms with Gasteiger partial charge in [0.25, 0.3) is 0 Å². The highest BCUT2D eigenvalue weighted by atomic mass is 16.5. The van der Waals surface area contributed by atoms with E-state index in [1.54, 1.807) is 13.2 Å². The Kier molecular flexibility index (Phi) is 14.4. The van der Waals surface area contributed by atoms with Crippen molar-refractivity contribution in [1.82, 2.24) is 5.16 Å². The summed E-state index contributed by atoms with van der Waals surface area (Å²) in [6.45, 7) is 8.07. The van der Waals surface area contributed by atoms with Crippen LogP contribution in [-0.2, 0) is 4.79 Å². The molecule has 2 aromatic rings. The number of benzene rings is 1. The smallest absolute Gasteiger partial charge is 0.311 e. The number of ether oxygens (including phenoxy) is 2. The van der Waals surface area contributed by atoms with E-state index in [2.05, 4.69) is 43.0 Å². The number of anilines is 1. The van der Waals surface area contributed by atoms with E-state index in [4.69, 9.17) is 14.0 Å². The molecule has 0 amide bonds. The zero-order chi connectivity index (χ0) is 26.0. The van der Waals surface area contributed by atoms with Crippen LogP contribution < -0.4 is 14.4 Å². The number of carbonyl (C=O) groups is 1. The molecule has 0 N–H and O–H groups in total. The van der Waals surface area contributed by atoms with Gasteiger partial charge in [-0.15, -0.1) is 0 Å². The van der Waals surface area contributed by atoms with Gasteiger partial charge in [-0.3, -0.25) is 4.79 Å². The zero-order valence-electron chi connectivity index (χ0n) is 22.9. The number of rotatable bonds is 19. The van der Waals surface area contributed by atoms with E-state index in [1.165, 1.54) is 44.9 Å². The molecule has 1 heterocycles. The van der Waals surface area contributed by atoms with Gasteiger partial charge in [0.1, 0.15) is 11.5 Å². The predicted octanol–water partition coefficient (Wildman–Crippen LogP) is 8.36. The summed E-state index contributed by atoms with van der Waals surface area (Å²) < 4.78 is 16.7. The van der Waals surface area contributed by atoms with Gasteiger partial charge in [-0.2, -0.15) is 0 Å². The molecule has 0 aliphatic rings. The monoisotopic (exact) mass is 498 g/mol. The number of hydrogen-bond acceptors (Lipinski definition) is 6. The third-order valence-electron chi connectivity index (χ3n) is 6.41. The summed E-state index contributed by atoms with van der Waals surface area (Å²) in [7, 11) is 1.59. The minimum absolute atomic E-state index is 0.240. The number of esters is 1. The average Bonchev–Trinajstić information content (AvgIpc) is 3.37. The van der Waals surface area contributed by atoms with E-state index in [1.807, 2.05) is 18.2 Å². The summed E-state index contributed by atoms with van der Waals surface area (Å²) in [6.07, 6.45) is 18.2. The van der Waals surface area contributed by atoms with Crippen molar-refractivity contribution < 1.29 is 18.8 Å². The van der Waals surface area contributed by atoms with Gasteiger partial charge in [0.05, 0.1) is 12.7 Å². The van der Waals surface area contributed by atoms with E-state index in [0.29, 0.717) is 29.2 Å². The quantitative estimate of drug-likeness (QED) is 0.0839. The van der Waals surface area contributed by atoms with Gasteiger partial charge in [-0.05, 0) is 58.1 Å². The third-order valence-corrected chi connectivity index (χ3v) is 6.41. The van der Waals surface area contributed by atoms with Crippen LogP contribution in [0.2, 0.25) is 0 Å². The molecule has 1 aromatic heterocycles. The highest BCUT2D eigenvalue weighted by Gasteiger charge is 2.18. The van der Waals surface area contributed by atoms with E-state index in [-0.39, 0.29) is 5.97 Å². The zero-order valence-corrected chi connectivity index (χ0v) is 22.9. The molecule has 200 valence electrons. The van der Waals surface area contributed by atoms with Crippen molar-refractivity contribution in [2.24, 2.45) is 0 Å². The minimum Gasteiger partial charge on any atom is -0.497 e. The van der Waals surface area contributed by atoms with E-state index in [0.717, 1.165) is 44.6 Å². The summed E-state index contributed by atoms with van der Waals surface area (Å²) in [5.41, 5.74) is 0.687. The van der Waals surface area contributed by atoms with E-state index in [9.17, 15) is 4.79 Å². The fraction of sp³-hybridized carbons (Fsp3) is 0.600. The maximum Gasteiger partial charge on any atom is 0.311 e. The molecule has 0 aliphatic carbocycles. The third kappa shape index (κ3) is 10.5. The van der Waals surface area contributed by atoms with Crippen LogP contribution in [0.25, 0.3) is 11.3 Å². The van der Waals surface area contributed by atoms with Gasteiger partial charge in [-0.25, -0.2) is 0 Å². The SMILES string of the molecule is CCCCCCC/C=C\CCCCCCC(=O)Oc1cc(OC)ccc1-c1cc(N(CC)CC)no1. The molecular formula is C30H46N2O4. The second kappa shape index (κ2) is 17.6. The van der Waals surface area contributed by atoms with Crippen LogP contribution in [0, 0.1) is 0 Å². The molecule has 36 heavy (non-hydrogen) atoms. The van der Waals surface area contributed by atoms with Gasteiger partial charge in [0.2, 0.25) is 0 Å². The first-order chi connectivity index (χ1) is 17.6. The second-order valence-electron chi connectivity index (χ2n) is 9.18. The van der Waals surface area contributed by atoms with Gasteiger partial charge in [0.15, 0.2) is 11.6 Å². The summed E-state index contributed by atoms with van der Waals surface area (Å²) >= 11 is 0. The van der Waals surface area contributed by atoms with Crippen LogP contribution >= 0.6 is 0 Å². The van der Waals surface area contributed by atoms with Crippen LogP contribution in [-0.4, -0.2) is 31.3 Å². The lowest BCUT2D eigenvalue weighted by atomic mass is 10.1. The molecule has 0 unspecified atom stereocenters. The molecule has 0 aliphatic heterocycles. The topological polar surface area (TPSA) is 64.8 Å². The second-order valence-corrected chi connectivity index (χ2v) is 9.18. The molecule has 6 heteroatoms. The first-order valence-corrected chi connectivity index (χ1v) is 13.9. The lowest BCUT2D eigenvalue weighted by Crippen LogP contribution is -2.21. The first kappa shape index (κ1) is 29.5. The van der Waals surface area contributed by atoms with Gasteiger partial charge >= 0.3 is 5.97 Å². The minimum atomic E-state index is -0.240. The Morgan fingerprint density at radius 3 is 2.22 bits per heavy atom. The molecule has 2 rings (SSSR count). The van der Waals surface area contributed by atoms with Crippen molar-refractivity contribution in [1.29, 1.82) is 0 Å². The molecule has 0 radical (unpaired) electrons. The van der Waals surface area contributed by atoms with Crippen LogP contribution in [0.3, 0.4) is 0 Å². The van der Waals surface area contributed by atoms with Gasteiger partial charge in [-0.1, -0.05) is 62.8 Å². The van der Waals surface area contributed by atoms with Gasteiger partial charge in [0, 0.05) is 31.6 Å². The van der Waals surface area contributed by atoms with Crippen molar-refractivity contribution in [3.8, 4) is 22.8 Å². The maximum atomic E-state index is 12.6. The number of unbranched alkanes of at least 4 members (excludes halogenated alkanes) is 9. The molecule has 0 spiro atoms. The molecular weight excluding hydrogens is 452 g/mol. The highest BCUT2D eigenvalue weighted by molar-refractivity contribution is 5.77. The molecule has 0 saturated carbocycles. The van der Waals surface area contributed by atoms with Crippen molar-refractivity contribution in [3.63, 3.8) is 0 Å². The summed E-state index contributed by atoms with van der Waals surface area (Å²) in [4.78, 5) is 14.7. The lowest BCUT2D eigenvalue weighted by Gasteiger charge is -2.15. The molecule has 0 atom stereocenters.